The maximum absolute atomic E-state index is 10.7. The van der Waals surface area contributed by atoms with E-state index in [2.05, 4.69) is 0 Å². The van der Waals surface area contributed by atoms with Gasteiger partial charge in [-0.15, -0.1) is 24.8 Å². The van der Waals surface area contributed by atoms with E-state index in [1.165, 1.54) is 24.3 Å². The van der Waals surface area contributed by atoms with Crippen LogP contribution in [0.4, 0.5) is 0 Å². The molecule has 2 aromatic carbocycles. The second-order valence-electron chi connectivity index (χ2n) is 4.19. The van der Waals surface area contributed by atoms with Crippen LogP contribution in [0.15, 0.2) is 48.5 Å². The third-order valence-electron chi connectivity index (χ3n) is 2.78. The molecule has 0 spiro atoms. The molecule has 2 N–H and O–H groups in total. The number of benzene rings is 2. The molecule has 0 saturated heterocycles. The molecule has 0 aromatic heterocycles. The van der Waals surface area contributed by atoms with Crippen molar-refractivity contribution in [3.05, 3.63) is 70.8 Å². The fraction of sp³-hybridized carbons (Fsp3) is 0. The molecule has 2 rings (SSSR count). The van der Waals surface area contributed by atoms with E-state index in [4.69, 9.17) is 10.2 Å². The van der Waals surface area contributed by atoms with Crippen LogP contribution >= 0.6 is 24.8 Å². The first-order valence-electron chi connectivity index (χ1n) is 5.91. The van der Waals surface area contributed by atoms with Gasteiger partial charge in [0.05, 0.1) is 11.1 Å². The van der Waals surface area contributed by atoms with E-state index in [1.807, 2.05) is 12.2 Å². The molecule has 2 aromatic rings. The number of carboxylic acid groups (broad SMARTS) is 2. The summed E-state index contributed by atoms with van der Waals surface area (Å²) >= 11 is 0. The highest BCUT2D eigenvalue weighted by Crippen LogP contribution is 2.11. The number of hydrogen-bond donors (Lipinski definition) is 2. The minimum absolute atomic E-state index is 0. The Balaban J connectivity index is 0.00000220. The third kappa shape index (κ3) is 5.24. The Bertz CT molecular complexity index is 602. The molecule has 0 heterocycles. The molecule has 0 amide bonds. The van der Waals surface area contributed by atoms with Crippen LogP contribution < -0.4 is 0 Å². The van der Waals surface area contributed by atoms with Gasteiger partial charge in [-0.3, -0.25) is 0 Å². The van der Waals surface area contributed by atoms with Crippen molar-refractivity contribution in [1.29, 1.82) is 0 Å². The highest BCUT2D eigenvalue weighted by Gasteiger charge is 2.01. The summed E-state index contributed by atoms with van der Waals surface area (Å²) in [6.07, 6.45) is 3.67. The van der Waals surface area contributed by atoms with Crippen molar-refractivity contribution >= 4 is 48.9 Å². The van der Waals surface area contributed by atoms with Crippen molar-refractivity contribution < 1.29 is 19.8 Å². The maximum Gasteiger partial charge on any atom is 0.335 e. The van der Waals surface area contributed by atoms with Gasteiger partial charge in [0.25, 0.3) is 0 Å². The minimum Gasteiger partial charge on any atom is -0.478 e. The number of carboxylic acids is 2. The number of hydrogen-bond acceptors (Lipinski definition) is 2. The lowest BCUT2D eigenvalue weighted by atomic mass is 10.1. The molecule has 0 atom stereocenters. The second-order valence-corrected chi connectivity index (χ2v) is 4.19. The molecular weight excluding hydrogens is 327 g/mol. The first-order valence-corrected chi connectivity index (χ1v) is 5.91. The first kappa shape index (κ1) is 19.7. The summed E-state index contributed by atoms with van der Waals surface area (Å²) in [6.45, 7) is 0. The molecule has 0 radical (unpaired) electrons. The normalized spacial score (nSPS) is 9.64. The van der Waals surface area contributed by atoms with Gasteiger partial charge in [-0.05, 0) is 35.4 Å². The average Bonchev–Trinajstić information content (AvgIpc) is 2.46. The van der Waals surface area contributed by atoms with Gasteiger partial charge < -0.3 is 10.2 Å². The lowest BCUT2D eigenvalue weighted by molar-refractivity contribution is 0.0686. The zero-order chi connectivity index (χ0) is 14.5. The quantitative estimate of drug-likeness (QED) is 0.821. The Kier molecular flexibility index (Phi) is 7.94. The fourth-order valence-electron chi connectivity index (χ4n) is 1.67. The minimum atomic E-state index is -0.954. The Labute approximate surface area is 139 Å². The monoisotopic (exact) mass is 340 g/mol. The van der Waals surface area contributed by atoms with Crippen molar-refractivity contribution in [2.75, 3.05) is 0 Å². The number of aromatic carboxylic acids is 2. The lowest BCUT2D eigenvalue weighted by Gasteiger charge is -1.97. The molecule has 0 unspecified atom stereocenters. The van der Waals surface area contributed by atoms with E-state index in [0.29, 0.717) is 0 Å². The van der Waals surface area contributed by atoms with Crippen molar-refractivity contribution in [2.45, 2.75) is 0 Å². The van der Waals surface area contributed by atoms with Crippen LogP contribution in [0.2, 0.25) is 0 Å². The van der Waals surface area contributed by atoms with Crippen LogP contribution in [0.25, 0.3) is 12.2 Å². The van der Waals surface area contributed by atoms with E-state index in [0.717, 1.165) is 11.1 Å². The van der Waals surface area contributed by atoms with Crippen molar-refractivity contribution in [2.24, 2.45) is 0 Å². The van der Waals surface area contributed by atoms with E-state index in [-0.39, 0.29) is 35.9 Å². The summed E-state index contributed by atoms with van der Waals surface area (Å²) < 4.78 is 0. The number of halogens is 2. The van der Waals surface area contributed by atoms with Gasteiger partial charge >= 0.3 is 11.9 Å². The standard InChI is InChI=1S/C16H12O4.2ClH/c17-15(18)13-7-3-11(4-8-13)1-2-12-5-9-14(10-6-12)16(19)20;;/h1-10H,(H,17,18)(H,19,20);2*1H. The van der Waals surface area contributed by atoms with E-state index in [1.54, 1.807) is 24.3 Å². The van der Waals surface area contributed by atoms with E-state index in [9.17, 15) is 9.59 Å². The lowest BCUT2D eigenvalue weighted by Crippen LogP contribution is -1.95. The predicted molar refractivity (Wildman–Crippen MR) is 90.2 cm³/mol. The number of rotatable bonds is 4. The Morgan fingerprint density at radius 3 is 1.14 bits per heavy atom. The van der Waals surface area contributed by atoms with Gasteiger partial charge in [0.1, 0.15) is 0 Å². The second kappa shape index (κ2) is 8.87. The Morgan fingerprint density at radius 1 is 0.636 bits per heavy atom. The van der Waals surface area contributed by atoms with Gasteiger partial charge in [-0.25, -0.2) is 9.59 Å². The molecule has 0 saturated carbocycles. The highest BCUT2D eigenvalue weighted by atomic mass is 35.5. The van der Waals surface area contributed by atoms with Crippen LogP contribution in [0.5, 0.6) is 0 Å². The summed E-state index contributed by atoms with van der Waals surface area (Å²) in [7, 11) is 0. The highest BCUT2D eigenvalue weighted by molar-refractivity contribution is 5.89. The van der Waals surface area contributed by atoms with Crippen molar-refractivity contribution in [3.63, 3.8) is 0 Å². The van der Waals surface area contributed by atoms with Crippen molar-refractivity contribution in [1.82, 2.24) is 0 Å². The number of carbonyl (C=O) groups is 2. The molecule has 0 aliphatic rings. The fourth-order valence-corrected chi connectivity index (χ4v) is 1.67. The molecule has 4 nitrogen and oxygen atoms in total. The van der Waals surface area contributed by atoms with E-state index >= 15 is 0 Å². The molecule has 0 bridgehead atoms. The zero-order valence-electron chi connectivity index (χ0n) is 11.3. The first-order chi connectivity index (χ1) is 9.56. The van der Waals surface area contributed by atoms with Gasteiger partial charge in [-0.1, -0.05) is 36.4 Å². The molecule has 0 aliphatic heterocycles. The van der Waals surface area contributed by atoms with Gasteiger partial charge in [0, 0.05) is 0 Å². The largest absolute Gasteiger partial charge is 0.478 e. The molecule has 22 heavy (non-hydrogen) atoms. The molecule has 0 aliphatic carbocycles. The van der Waals surface area contributed by atoms with Crippen LogP contribution in [-0.2, 0) is 0 Å². The summed E-state index contributed by atoms with van der Waals surface area (Å²) in [5.41, 5.74) is 2.23. The zero-order valence-corrected chi connectivity index (χ0v) is 12.9. The van der Waals surface area contributed by atoms with Gasteiger partial charge in [0.2, 0.25) is 0 Å². The summed E-state index contributed by atoms with van der Waals surface area (Å²) in [5.74, 6) is -1.91. The van der Waals surface area contributed by atoms with Gasteiger partial charge in [-0.2, -0.15) is 0 Å². The SMILES string of the molecule is Cl.Cl.O=C(O)c1ccc(C=Cc2ccc(C(=O)O)cc2)cc1. The van der Waals surface area contributed by atoms with Crippen LogP contribution in [-0.4, -0.2) is 22.2 Å². The maximum atomic E-state index is 10.7. The smallest absolute Gasteiger partial charge is 0.335 e. The molecule has 116 valence electrons. The average molecular weight is 341 g/mol. The summed E-state index contributed by atoms with van der Waals surface area (Å²) in [5, 5.41) is 17.6. The molecular formula is C16H14Cl2O4. The molecule has 0 fully saturated rings. The Hall–Kier alpha value is -2.30. The van der Waals surface area contributed by atoms with E-state index < -0.39 is 11.9 Å². The van der Waals surface area contributed by atoms with Crippen LogP contribution in [0.3, 0.4) is 0 Å². The van der Waals surface area contributed by atoms with Gasteiger partial charge in [0.15, 0.2) is 0 Å². The van der Waals surface area contributed by atoms with Crippen LogP contribution in [0.1, 0.15) is 31.8 Å². The Morgan fingerprint density at radius 2 is 0.909 bits per heavy atom. The van der Waals surface area contributed by atoms with Crippen molar-refractivity contribution in [3.8, 4) is 0 Å². The summed E-state index contributed by atoms with van der Waals surface area (Å²) in [4.78, 5) is 21.4. The summed E-state index contributed by atoms with van der Waals surface area (Å²) in [6, 6.07) is 13.0. The predicted octanol–water partition coefficient (Wildman–Crippen LogP) is 4.10. The topological polar surface area (TPSA) is 74.6 Å². The molecule has 6 heteroatoms. The third-order valence-corrected chi connectivity index (χ3v) is 2.78. The van der Waals surface area contributed by atoms with Crippen LogP contribution in [0, 0.1) is 0 Å².